The van der Waals surface area contributed by atoms with Gasteiger partial charge in [-0.15, -0.1) is 0 Å². The van der Waals surface area contributed by atoms with Gasteiger partial charge in [0, 0.05) is 39.7 Å². The predicted octanol–water partition coefficient (Wildman–Crippen LogP) is 3.06. The smallest absolute Gasteiger partial charge is 0.251 e. The Morgan fingerprint density at radius 2 is 1.55 bits per heavy atom. The number of hydrogen-bond donors (Lipinski definition) is 3. The molecule has 4 N–H and O–H groups in total. The Kier molecular flexibility index (Phi) is 8.32. The first kappa shape index (κ1) is 27.5. The van der Waals surface area contributed by atoms with E-state index in [1.54, 1.807) is 18.2 Å². The molecule has 1 aliphatic rings. The molecule has 11 heteroatoms. The van der Waals surface area contributed by atoms with Crippen molar-refractivity contribution in [1.29, 1.82) is 0 Å². The zero-order valence-corrected chi connectivity index (χ0v) is 22.7. The molecule has 0 spiro atoms. The summed E-state index contributed by atoms with van der Waals surface area (Å²) in [5.41, 5.74) is 8.11. The normalized spacial score (nSPS) is 14.7. The van der Waals surface area contributed by atoms with Crippen molar-refractivity contribution in [1.82, 2.24) is 5.32 Å². The quantitative estimate of drug-likeness (QED) is 0.324. The van der Waals surface area contributed by atoms with Gasteiger partial charge in [0.1, 0.15) is 6.04 Å². The molecule has 0 bridgehead atoms. The highest BCUT2D eigenvalue weighted by molar-refractivity contribution is 7.92. The minimum Gasteiger partial charge on any atom is -0.412 e. The van der Waals surface area contributed by atoms with Crippen LogP contribution in [0.5, 0.6) is 0 Å². The Bertz CT molecular complexity index is 1430. The number of amides is 2. The van der Waals surface area contributed by atoms with Crippen LogP contribution in [-0.2, 0) is 14.8 Å². The molecule has 38 heavy (non-hydrogen) atoms. The molecule has 2 amide bonds. The fourth-order valence-electron chi connectivity index (χ4n) is 4.21. The van der Waals surface area contributed by atoms with Gasteiger partial charge in [0.25, 0.3) is 5.91 Å². The number of nitrogens with one attached hydrogen (secondary N) is 2. The number of carbonyl (C=O) groups excluding carboxylic acids is 2. The molecule has 0 radical (unpaired) electrons. The van der Waals surface area contributed by atoms with Crippen LogP contribution in [0.4, 0.5) is 5.69 Å². The highest BCUT2D eigenvalue weighted by Gasteiger charge is 2.31. The molecule has 8 nitrogen and oxygen atoms in total. The molecule has 0 saturated heterocycles. The third kappa shape index (κ3) is 6.49. The summed E-state index contributed by atoms with van der Waals surface area (Å²) in [5.74, 6) is -0.969. The molecule has 0 saturated carbocycles. The van der Waals surface area contributed by atoms with Crippen molar-refractivity contribution in [3.05, 3.63) is 118 Å². The lowest BCUT2D eigenvalue weighted by Gasteiger charge is -2.45. The van der Waals surface area contributed by atoms with Gasteiger partial charge < -0.3 is 16.0 Å². The van der Waals surface area contributed by atoms with E-state index in [0.29, 0.717) is 21.4 Å². The number of benzene rings is 3. The van der Waals surface area contributed by atoms with Crippen LogP contribution in [0.15, 0.2) is 84.7 Å². The fraction of sp³-hybridized carbons (Fsp3) is 0.148. The number of halogens is 2. The van der Waals surface area contributed by atoms with E-state index in [1.165, 1.54) is 10.4 Å². The van der Waals surface area contributed by atoms with Crippen molar-refractivity contribution >= 4 is 50.7 Å². The third-order valence-corrected chi connectivity index (χ3v) is 7.52. The summed E-state index contributed by atoms with van der Waals surface area (Å²) in [6.45, 7) is 1.90. The van der Waals surface area contributed by atoms with Crippen molar-refractivity contribution in [2.24, 2.45) is 5.73 Å². The van der Waals surface area contributed by atoms with Crippen molar-refractivity contribution in [3.8, 4) is 0 Å². The van der Waals surface area contributed by atoms with E-state index in [4.69, 9.17) is 28.9 Å². The molecule has 3 aromatic rings. The summed E-state index contributed by atoms with van der Waals surface area (Å²) in [7, 11) is -3.75. The number of nitrogens with two attached hydrogens (primary N) is 1. The standard InChI is InChI=1S/C27H26Cl2N4O4S/c1-38(36,37)33(23-4-2-3-20(15-23)27(35)31-14-13-25(30)34)24-16-32(17-24)26(18-5-9-21(28)10-6-18)19-7-11-22(29)12-8-19/h2-12,15-17,26,32H,13-14H2,1H3,(H2,30,34)(H,31,35). The van der Waals surface area contributed by atoms with E-state index in [-0.39, 0.29) is 24.6 Å². The number of nitrogens with zero attached hydrogens (tertiary/aromatic N) is 1. The van der Waals surface area contributed by atoms with E-state index >= 15 is 0 Å². The van der Waals surface area contributed by atoms with E-state index in [2.05, 4.69) is 5.32 Å². The molecular weight excluding hydrogens is 547 g/mol. The van der Waals surface area contributed by atoms with E-state index in [9.17, 15) is 18.0 Å². The minimum absolute atomic E-state index is 0.00373. The van der Waals surface area contributed by atoms with Gasteiger partial charge in [-0.25, -0.2) is 8.42 Å². The highest BCUT2D eigenvalue weighted by Crippen LogP contribution is 2.29. The average molecular weight is 574 g/mol. The Hall–Kier alpha value is -3.50. The van der Waals surface area contributed by atoms with Crippen LogP contribution in [-0.4, -0.2) is 33.0 Å². The van der Waals surface area contributed by atoms with Crippen molar-refractivity contribution < 1.29 is 22.9 Å². The molecule has 4 rings (SSSR count). The SMILES string of the molecule is CS(=O)(=O)N(C1=C[NH+](C(c2ccc(Cl)cc2)c2ccc(Cl)cc2)[CH-]1)c1cccc(C(=O)NCCC(N)=O)c1. The summed E-state index contributed by atoms with van der Waals surface area (Å²) >= 11 is 12.2. The summed E-state index contributed by atoms with van der Waals surface area (Å²) in [5, 5.41) is 3.84. The molecule has 3 aromatic carbocycles. The maximum atomic E-state index is 12.9. The van der Waals surface area contributed by atoms with Gasteiger partial charge in [-0.3, -0.25) is 13.9 Å². The predicted molar refractivity (Wildman–Crippen MR) is 148 cm³/mol. The van der Waals surface area contributed by atoms with Crippen molar-refractivity contribution in [2.75, 3.05) is 17.1 Å². The Labute approximate surface area is 231 Å². The zero-order valence-electron chi connectivity index (χ0n) is 20.4. The number of rotatable bonds is 10. The average Bonchev–Trinajstić information content (AvgIpc) is 2.83. The second-order valence-electron chi connectivity index (χ2n) is 8.80. The Morgan fingerprint density at radius 1 is 1.00 bits per heavy atom. The van der Waals surface area contributed by atoms with Gasteiger partial charge in [0.2, 0.25) is 15.9 Å². The highest BCUT2D eigenvalue weighted by atomic mass is 35.5. The number of sulfonamides is 1. The maximum Gasteiger partial charge on any atom is 0.251 e. The lowest BCUT2D eigenvalue weighted by Crippen LogP contribution is -3.10. The van der Waals surface area contributed by atoms with Gasteiger partial charge >= 0.3 is 0 Å². The largest absolute Gasteiger partial charge is 0.412 e. The Morgan fingerprint density at radius 3 is 2.05 bits per heavy atom. The molecule has 1 atom stereocenters. The topological polar surface area (TPSA) is 114 Å². The van der Waals surface area contributed by atoms with Gasteiger partial charge in [0.05, 0.1) is 11.9 Å². The van der Waals surface area contributed by atoms with Gasteiger partial charge in [-0.1, -0.05) is 53.5 Å². The fourth-order valence-corrected chi connectivity index (χ4v) is 5.44. The number of primary amides is 1. The van der Waals surface area contributed by atoms with Gasteiger partial charge in [0.15, 0.2) is 0 Å². The molecular formula is C27H26Cl2N4O4S. The number of quaternary nitrogens is 1. The van der Waals surface area contributed by atoms with Crippen molar-refractivity contribution in [3.63, 3.8) is 0 Å². The molecule has 1 unspecified atom stereocenters. The molecule has 1 aliphatic heterocycles. The second kappa shape index (κ2) is 11.5. The minimum atomic E-state index is -3.75. The van der Waals surface area contributed by atoms with Crippen LogP contribution in [0.3, 0.4) is 0 Å². The third-order valence-electron chi connectivity index (χ3n) is 5.94. The first-order chi connectivity index (χ1) is 18.0. The number of carbonyl (C=O) groups is 2. The number of hydrogen-bond acceptors (Lipinski definition) is 4. The second-order valence-corrected chi connectivity index (χ2v) is 11.5. The van der Waals surface area contributed by atoms with Crippen molar-refractivity contribution in [2.45, 2.75) is 12.5 Å². The van der Waals surface area contributed by atoms with Crippen LogP contribution in [0.1, 0.15) is 33.9 Å². The Balaban J connectivity index is 1.64. The molecule has 0 aliphatic carbocycles. The van der Waals surface area contributed by atoms with E-state index < -0.39 is 21.8 Å². The first-order valence-electron chi connectivity index (χ1n) is 11.6. The summed E-state index contributed by atoms with van der Waals surface area (Å²) in [4.78, 5) is 24.4. The molecule has 0 aromatic heterocycles. The van der Waals surface area contributed by atoms with Crippen LogP contribution in [0, 0.1) is 6.54 Å². The maximum absolute atomic E-state index is 12.9. The van der Waals surface area contributed by atoms with Gasteiger partial charge in [-0.2, -0.15) is 0 Å². The van der Waals surface area contributed by atoms with Crippen LogP contribution >= 0.6 is 23.2 Å². The molecule has 0 fully saturated rings. The summed E-state index contributed by atoms with van der Waals surface area (Å²) < 4.78 is 26.9. The monoisotopic (exact) mass is 572 g/mol. The van der Waals surface area contributed by atoms with Crippen LogP contribution < -0.4 is 20.3 Å². The van der Waals surface area contributed by atoms with Crippen LogP contribution in [0.25, 0.3) is 0 Å². The number of anilines is 1. The van der Waals surface area contributed by atoms with E-state index in [0.717, 1.165) is 22.3 Å². The molecule has 198 valence electrons. The van der Waals surface area contributed by atoms with Crippen LogP contribution in [0.2, 0.25) is 10.0 Å². The zero-order chi connectivity index (χ0) is 27.4. The summed E-state index contributed by atoms with van der Waals surface area (Å²) in [6.07, 6.45) is 2.92. The molecule has 1 heterocycles. The lowest BCUT2D eigenvalue weighted by atomic mass is 9.95. The first-order valence-corrected chi connectivity index (χ1v) is 14.2. The van der Waals surface area contributed by atoms with Gasteiger partial charge in [-0.05, 0) is 60.9 Å². The van der Waals surface area contributed by atoms with E-state index in [1.807, 2.05) is 61.3 Å². The summed E-state index contributed by atoms with van der Waals surface area (Å²) in [6, 6.07) is 21.1. The lowest BCUT2D eigenvalue weighted by molar-refractivity contribution is -0.856.